The highest BCUT2D eigenvalue weighted by Gasteiger charge is 2.22. The van der Waals surface area contributed by atoms with Gasteiger partial charge < -0.3 is 15.0 Å². The Bertz CT molecular complexity index is 616. The Morgan fingerprint density at radius 1 is 1.33 bits per heavy atom. The number of carbonyl (C=O) groups excluding carboxylic acids is 2. The second-order valence-corrected chi connectivity index (χ2v) is 5.95. The van der Waals surface area contributed by atoms with Crippen LogP contribution >= 0.6 is 0 Å². The predicted molar refractivity (Wildman–Crippen MR) is 89.2 cm³/mol. The van der Waals surface area contributed by atoms with Crippen LogP contribution in [0.2, 0.25) is 0 Å². The average Bonchev–Trinajstić information content (AvgIpc) is 2.61. The van der Waals surface area contributed by atoms with Crippen LogP contribution in [0.4, 0.5) is 0 Å². The molecule has 1 aromatic carbocycles. The number of benzene rings is 1. The van der Waals surface area contributed by atoms with Crippen LogP contribution in [-0.2, 0) is 16.0 Å². The minimum Gasteiger partial charge on any atom is -0.496 e. The molecule has 0 radical (unpaired) electrons. The monoisotopic (exact) mass is 329 g/mol. The number of para-hydroxylation sites is 1. The maximum absolute atomic E-state index is 12.1. The van der Waals surface area contributed by atoms with Crippen LogP contribution in [0.3, 0.4) is 0 Å². The SMILES string of the molecule is COc1ccccc1CC(=O)NCC1CCN(C(=O)CC#N)CC1. The quantitative estimate of drug-likeness (QED) is 0.857. The van der Waals surface area contributed by atoms with E-state index >= 15 is 0 Å². The molecule has 1 aliphatic heterocycles. The van der Waals surface area contributed by atoms with Crippen LogP contribution in [0.25, 0.3) is 0 Å². The van der Waals surface area contributed by atoms with E-state index in [0.717, 1.165) is 24.2 Å². The Kier molecular flexibility index (Phi) is 6.62. The number of nitrogens with one attached hydrogen (secondary N) is 1. The molecule has 1 aromatic rings. The van der Waals surface area contributed by atoms with Gasteiger partial charge in [0, 0.05) is 25.2 Å². The molecule has 6 heteroatoms. The van der Waals surface area contributed by atoms with Gasteiger partial charge in [-0.05, 0) is 24.8 Å². The Morgan fingerprint density at radius 3 is 2.71 bits per heavy atom. The molecule has 1 saturated heterocycles. The van der Waals surface area contributed by atoms with Crippen LogP contribution in [0, 0.1) is 17.2 Å². The zero-order chi connectivity index (χ0) is 17.4. The van der Waals surface area contributed by atoms with Crippen molar-refractivity contribution >= 4 is 11.8 Å². The number of methoxy groups -OCH3 is 1. The van der Waals surface area contributed by atoms with E-state index in [1.807, 2.05) is 30.3 Å². The van der Waals surface area contributed by atoms with E-state index in [4.69, 9.17) is 10.00 Å². The van der Waals surface area contributed by atoms with Gasteiger partial charge in [-0.15, -0.1) is 0 Å². The number of ether oxygens (including phenoxy) is 1. The highest BCUT2D eigenvalue weighted by Crippen LogP contribution is 2.19. The second kappa shape index (κ2) is 8.92. The van der Waals surface area contributed by atoms with Crippen LogP contribution in [0.1, 0.15) is 24.8 Å². The number of hydrogen-bond acceptors (Lipinski definition) is 4. The highest BCUT2D eigenvalue weighted by atomic mass is 16.5. The molecule has 2 rings (SSSR count). The van der Waals surface area contributed by atoms with Crippen molar-refractivity contribution in [3.8, 4) is 11.8 Å². The lowest BCUT2D eigenvalue weighted by atomic mass is 9.96. The first kappa shape index (κ1) is 17.8. The minimum absolute atomic E-state index is 0.0255. The van der Waals surface area contributed by atoms with Crippen molar-refractivity contribution in [2.24, 2.45) is 5.92 Å². The topological polar surface area (TPSA) is 82.4 Å². The molecular weight excluding hydrogens is 306 g/mol. The van der Waals surface area contributed by atoms with Gasteiger partial charge in [0.05, 0.1) is 19.6 Å². The largest absolute Gasteiger partial charge is 0.496 e. The Hall–Kier alpha value is -2.55. The first-order valence-electron chi connectivity index (χ1n) is 8.17. The van der Waals surface area contributed by atoms with Crippen molar-refractivity contribution in [1.82, 2.24) is 10.2 Å². The van der Waals surface area contributed by atoms with Gasteiger partial charge in [-0.2, -0.15) is 5.26 Å². The van der Waals surface area contributed by atoms with Gasteiger partial charge in [-0.3, -0.25) is 9.59 Å². The van der Waals surface area contributed by atoms with Crippen molar-refractivity contribution < 1.29 is 14.3 Å². The van der Waals surface area contributed by atoms with Crippen molar-refractivity contribution in [2.45, 2.75) is 25.7 Å². The third-order valence-electron chi connectivity index (χ3n) is 4.33. The molecule has 0 aromatic heterocycles. The first-order valence-corrected chi connectivity index (χ1v) is 8.17. The third-order valence-corrected chi connectivity index (χ3v) is 4.33. The van der Waals surface area contributed by atoms with E-state index in [1.165, 1.54) is 0 Å². The van der Waals surface area contributed by atoms with Crippen molar-refractivity contribution in [1.29, 1.82) is 5.26 Å². The maximum atomic E-state index is 12.1. The van der Waals surface area contributed by atoms with Crippen LogP contribution in [0.5, 0.6) is 5.75 Å². The number of nitrogens with zero attached hydrogens (tertiary/aromatic N) is 2. The molecule has 0 bridgehead atoms. The number of piperidine rings is 1. The van der Waals surface area contributed by atoms with Crippen molar-refractivity contribution in [2.75, 3.05) is 26.7 Å². The van der Waals surface area contributed by atoms with E-state index in [1.54, 1.807) is 12.0 Å². The van der Waals surface area contributed by atoms with E-state index in [2.05, 4.69) is 5.32 Å². The molecule has 0 atom stereocenters. The highest BCUT2D eigenvalue weighted by molar-refractivity contribution is 5.79. The summed E-state index contributed by atoms with van der Waals surface area (Å²) in [4.78, 5) is 25.5. The zero-order valence-electron chi connectivity index (χ0n) is 14.0. The molecule has 1 fully saturated rings. The van der Waals surface area contributed by atoms with E-state index in [0.29, 0.717) is 32.0 Å². The first-order chi connectivity index (χ1) is 11.6. The Labute approximate surface area is 142 Å². The molecule has 128 valence electrons. The molecule has 0 spiro atoms. The standard InChI is InChI=1S/C18H23N3O3/c1-24-16-5-3-2-4-15(16)12-17(22)20-13-14-7-10-21(11-8-14)18(23)6-9-19/h2-5,14H,6-8,10-13H2,1H3,(H,20,22). The summed E-state index contributed by atoms with van der Waals surface area (Å²) in [6.07, 6.45) is 1.95. The molecule has 1 N–H and O–H groups in total. The zero-order valence-corrected chi connectivity index (χ0v) is 14.0. The van der Waals surface area contributed by atoms with E-state index in [9.17, 15) is 9.59 Å². The molecule has 6 nitrogen and oxygen atoms in total. The summed E-state index contributed by atoms with van der Waals surface area (Å²) in [6.45, 7) is 1.94. The fourth-order valence-corrected chi connectivity index (χ4v) is 2.91. The lowest BCUT2D eigenvalue weighted by Gasteiger charge is -2.31. The molecule has 1 aliphatic rings. The van der Waals surface area contributed by atoms with Crippen LogP contribution in [0.15, 0.2) is 24.3 Å². The minimum atomic E-state index is -0.101. The van der Waals surface area contributed by atoms with Gasteiger partial charge in [-0.1, -0.05) is 18.2 Å². The fourth-order valence-electron chi connectivity index (χ4n) is 2.91. The summed E-state index contributed by atoms with van der Waals surface area (Å²) in [7, 11) is 1.60. The summed E-state index contributed by atoms with van der Waals surface area (Å²) < 4.78 is 5.25. The summed E-state index contributed by atoms with van der Waals surface area (Å²) in [6, 6.07) is 9.39. The van der Waals surface area contributed by atoms with Crippen LogP contribution in [-0.4, -0.2) is 43.5 Å². The third kappa shape index (κ3) is 4.98. The molecular formula is C18H23N3O3. The number of nitriles is 1. The van der Waals surface area contributed by atoms with Gasteiger partial charge in [0.1, 0.15) is 12.2 Å². The number of hydrogen-bond donors (Lipinski definition) is 1. The summed E-state index contributed by atoms with van der Waals surface area (Å²) in [5, 5.41) is 11.5. The lowest BCUT2D eigenvalue weighted by molar-refractivity contribution is -0.131. The van der Waals surface area contributed by atoms with E-state index < -0.39 is 0 Å². The number of carbonyl (C=O) groups is 2. The Balaban J connectivity index is 1.73. The van der Waals surface area contributed by atoms with Crippen molar-refractivity contribution in [3.63, 3.8) is 0 Å². The molecule has 1 heterocycles. The van der Waals surface area contributed by atoms with Gasteiger partial charge in [0.25, 0.3) is 0 Å². The summed E-state index contributed by atoms with van der Waals surface area (Å²) in [5.74, 6) is 0.966. The number of rotatable bonds is 6. The lowest BCUT2D eigenvalue weighted by Crippen LogP contribution is -2.41. The van der Waals surface area contributed by atoms with E-state index in [-0.39, 0.29) is 18.2 Å². The number of likely N-dealkylation sites (tertiary alicyclic amines) is 1. The molecule has 0 saturated carbocycles. The van der Waals surface area contributed by atoms with Gasteiger partial charge >= 0.3 is 0 Å². The normalized spacial score (nSPS) is 14.8. The molecule has 2 amide bonds. The summed E-state index contributed by atoms with van der Waals surface area (Å²) in [5.41, 5.74) is 0.870. The average molecular weight is 329 g/mol. The number of amides is 2. The Morgan fingerprint density at radius 2 is 2.04 bits per heavy atom. The van der Waals surface area contributed by atoms with Crippen molar-refractivity contribution in [3.05, 3.63) is 29.8 Å². The second-order valence-electron chi connectivity index (χ2n) is 5.95. The molecule has 0 aliphatic carbocycles. The maximum Gasteiger partial charge on any atom is 0.236 e. The van der Waals surface area contributed by atoms with Gasteiger partial charge in [0.15, 0.2) is 0 Å². The molecule has 0 unspecified atom stereocenters. The fraction of sp³-hybridized carbons (Fsp3) is 0.500. The summed E-state index contributed by atoms with van der Waals surface area (Å²) >= 11 is 0. The predicted octanol–water partition coefficient (Wildman–Crippen LogP) is 1.51. The van der Waals surface area contributed by atoms with Crippen LogP contribution < -0.4 is 10.1 Å². The smallest absolute Gasteiger partial charge is 0.236 e. The van der Waals surface area contributed by atoms with Gasteiger partial charge in [0.2, 0.25) is 11.8 Å². The van der Waals surface area contributed by atoms with Gasteiger partial charge in [-0.25, -0.2) is 0 Å². The molecule has 24 heavy (non-hydrogen) atoms.